The number of carbonyl (C=O) groups excluding carboxylic acids is 1. The summed E-state index contributed by atoms with van der Waals surface area (Å²) in [6.07, 6.45) is 1.85. The monoisotopic (exact) mass is 492 g/mol. The highest BCUT2D eigenvalue weighted by Crippen LogP contribution is 2.33. The van der Waals surface area contributed by atoms with Crippen molar-refractivity contribution in [2.45, 2.75) is 20.3 Å². The lowest BCUT2D eigenvalue weighted by Gasteiger charge is -2.14. The van der Waals surface area contributed by atoms with Crippen LogP contribution in [0.4, 0.5) is 10.1 Å². The van der Waals surface area contributed by atoms with Gasteiger partial charge in [-0.3, -0.25) is 4.79 Å². The minimum absolute atomic E-state index is 0.0375. The van der Waals surface area contributed by atoms with Crippen molar-refractivity contribution in [3.8, 4) is 11.8 Å². The second-order valence-corrected chi connectivity index (χ2v) is 7.97. The summed E-state index contributed by atoms with van der Waals surface area (Å²) in [6, 6.07) is 19.5. The van der Waals surface area contributed by atoms with E-state index in [2.05, 4.69) is 21.2 Å². The molecule has 0 saturated carbocycles. The van der Waals surface area contributed by atoms with Crippen LogP contribution in [0.1, 0.15) is 29.2 Å². The Morgan fingerprint density at radius 1 is 1.19 bits per heavy atom. The van der Waals surface area contributed by atoms with Gasteiger partial charge in [-0.15, -0.1) is 0 Å². The predicted molar refractivity (Wildman–Crippen MR) is 128 cm³/mol. The number of aryl methyl sites for hydroxylation is 1. The van der Waals surface area contributed by atoms with Gasteiger partial charge in [-0.2, -0.15) is 5.26 Å². The van der Waals surface area contributed by atoms with Crippen molar-refractivity contribution in [3.63, 3.8) is 0 Å². The number of hydrogen-bond acceptors (Lipinski definition) is 3. The van der Waals surface area contributed by atoms with E-state index in [1.165, 1.54) is 12.1 Å². The fourth-order valence-corrected chi connectivity index (χ4v) is 3.82. The predicted octanol–water partition coefficient (Wildman–Crippen LogP) is 6.43. The number of halogens is 2. The van der Waals surface area contributed by atoms with E-state index in [-0.39, 0.29) is 11.4 Å². The first kappa shape index (κ1) is 23.2. The van der Waals surface area contributed by atoms with Crippen molar-refractivity contribution in [1.82, 2.24) is 0 Å². The number of ether oxygens (including phenoxy) is 1. The Kier molecular flexibility index (Phi) is 7.80. The fraction of sp³-hybridized carbons (Fsp3) is 0.154. The number of anilines is 1. The van der Waals surface area contributed by atoms with Crippen LogP contribution in [0, 0.1) is 24.1 Å². The van der Waals surface area contributed by atoms with Crippen LogP contribution in [0.15, 0.2) is 70.7 Å². The Bertz CT molecular complexity index is 1210. The Morgan fingerprint density at radius 3 is 2.59 bits per heavy atom. The number of para-hydroxylation sites is 1. The number of amides is 1. The summed E-state index contributed by atoms with van der Waals surface area (Å²) < 4.78 is 20.7. The number of nitrogens with zero attached hydrogens (tertiary/aromatic N) is 1. The van der Waals surface area contributed by atoms with E-state index >= 15 is 0 Å². The summed E-state index contributed by atoms with van der Waals surface area (Å²) in [5.41, 5.74) is 3.47. The Hall–Kier alpha value is -3.43. The number of carbonyl (C=O) groups is 1. The molecule has 32 heavy (non-hydrogen) atoms. The lowest BCUT2D eigenvalue weighted by atomic mass is 10.0. The van der Waals surface area contributed by atoms with Crippen molar-refractivity contribution in [1.29, 1.82) is 5.26 Å². The topological polar surface area (TPSA) is 62.1 Å². The van der Waals surface area contributed by atoms with Gasteiger partial charge in [0.15, 0.2) is 0 Å². The lowest BCUT2D eigenvalue weighted by molar-refractivity contribution is -0.112. The van der Waals surface area contributed by atoms with Gasteiger partial charge < -0.3 is 10.1 Å². The van der Waals surface area contributed by atoms with Crippen molar-refractivity contribution >= 4 is 33.6 Å². The van der Waals surface area contributed by atoms with E-state index in [9.17, 15) is 14.4 Å². The highest BCUT2D eigenvalue weighted by Gasteiger charge is 2.15. The summed E-state index contributed by atoms with van der Waals surface area (Å²) >= 11 is 3.55. The first-order valence-corrected chi connectivity index (χ1v) is 10.9. The molecular weight excluding hydrogens is 471 g/mol. The third-order valence-corrected chi connectivity index (χ3v) is 5.58. The fourth-order valence-electron chi connectivity index (χ4n) is 3.22. The maximum absolute atomic E-state index is 14.2. The van der Waals surface area contributed by atoms with Crippen LogP contribution in [0.2, 0.25) is 0 Å². The third kappa shape index (κ3) is 5.63. The van der Waals surface area contributed by atoms with Gasteiger partial charge in [0.1, 0.15) is 23.2 Å². The van der Waals surface area contributed by atoms with Crippen LogP contribution in [0.5, 0.6) is 5.75 Å². The second kappa shape index (κ2) is 10.7. The van der Waals surface area contributed by atoms with Crippen molar-refractivity contribution in [3.05, 3.63) is 98.8 Å². The van der Waals surface area contributed by atoms with Gasteiger partial charge in [-0.25, -0.2) is 4.39 Å². The van der Waals surface area contributed by atoms with E-state index in [0.717, 1.165) is 11.1 Å². The smallest absolute Gasteiger partial charge is 0.266 e. The number of rotatable bonds is 7. The SMILES string of the molecule is CCOc1cc(/C=C(\C#N)C(=O)Nc2ccccc2C)cc(Br)c1Cc1ccccc1F. The molecule has 1 N–H and O–H groups in total. The zero-order valence-corrected chi connectivity index (χ0v) is 19.4. The van der Waals surface area contributed by atoms with Gasteiger partial charge in [0, 0.05) is 22.1 Å². The largest absolute Gasteiger partial charge is 0.494 e. The zero-order chi connectivity index (χ0) is 23.1. The molecule has 0 unspecified atom stereocenters. The van der Waals surface area contributed by atoms with Crippen LogP contribution >= 0.6 is 15.9 Å². The molecule has 0 bridgehead atoms. The third-order valence-electron chi connectivity index (χ3n) is 4.87. The molecule has 0 aromatic heterocycles. The van der Waals surface area contributed by atoms with Gasteiger partial charge in [0.25, 0.3) is 5.91 Å². The number of nitrogens with one attached hydrogen (secondary N) is 1. The van der Waals surface area contributed by atoms with Gasteiger partial charge in [0.2, 0.25) is 0 Å². The standard InChI is InChI=1S/C26H22BrFN2O2/c1-3-32-25-14-18(13-22(27)21(25)15-19-9-5-6-10-23(19)28)12-20(16-29)26(31)30-24-11-7-4-8-17(24)2/h4-14H,3,15H2,1-2H3,(H,30,31)/b20-12+. The highest BCUT2D eigenvalue weighted by molar-refractivity contribution is 9.10. The zero-order valence-electron chi connectivity index (χ0n) is 17.8. The van der Waals surface area contributed by atoms with E-state index in [0.29, 0.717) is 40.1 Å². The van der Waals surface area contributed by atoms with Crippen molar-refractivity contribution in [2.75, 3.05) is 11.9 Å². The quantitative estimate of drug-likeness (QED) is 0.305. The summed E-state index contributed by atoms with van der Waals surface area (Å²) in [5, 5.41) is 12.3. The van der Waals surface area contributed by atoms with Gasteiger partial charge >= 0.3 is 0 Å². The van der Waals surface area contributed by atoms with Crippen LogP contribution in [-0.4, -0.2) is 12.5 Å². The Balaban J connectivity index is 1.93. The van der Waals surface area contributed by atoms with Crippen LogP contribution in [-0.2, 0) is 11.2 Å². The molecule has 3 rings (SSSR count). The minimum Gasteiger partial charge on any atom is -0.494 e. The first-order chi connectivity index (χ1) is 15.4. The number of nitriles is 1. The van der Waals surface area contributed by atoms with Gasteiger partial charge in [-0.05, 0) is 60.9 Å². The molecule has 0 aliphatic rings. The molecule has 0 saturated heterocycles. The Morgan fingerprint density at radius 2 is 1.91 bits per heavy atom. The molecule has 4 nitrogen and oxygen atoms in total. The molecule has 0 aliphatic heterocycles. The molecule has 3 aromatic rings. The minimum atomic E-state index is -0.494. The summed E-state index contributed by atoms with van der Waals surface area (Å²) in [6.45, 7) is 4.16. The average Bonchev–Trinajstić information content (AvgIpc) is 2.77. The van der Waals surface area contributed by atoms with Crippen LogP contribution < -0.4 is 10.1 Å². The van der Waals surface area contributed by atoms with Crippen molar-refractivity contribution < 1.29 is 13.9 Å². The molecule has 0 heterocycles. The summed E-state index contributed by atoms with van der Waals surface area (Å²) in [5.74, 6) is -0.218. The molecule has 0 fully saturated rings. The van der Waals surface area contributed by atoms with Crippen LogP contribution in [0.25, 0.3) is 6.08 Å². The lowest BCUT2D eigenvalue weighted by Crippen LogP contribution is -2.14. The van der Waals surface area contributed by atoms with E-state index in [1.54, 1.807) is 36.4 Å². The van der Waals surface area contributed by atoms with E-state index < -0.39 is 5.91 Å². The Labute approximate surface area is 195 Å². The molecule has 0 radical (unpaired) electrons. The maximum atomic E-state index is 14.2. The molecule has 0 atom stereocenters. The highest BCUT2D eigenvalue weighted by atomic mass is 79.9. The molecule has 162 valence electrons. The summed E-state index contributed by atoms with van der Waals surface area (Å²) in [7, 11) is 0. The summed E-state index contributed by atoms with van der Waals surface area (Å²) in [4.78, 5) is 12.7. The molecular formula is C26H22BrFN2O2. The number of benzene rings is 3. The van der Waals surface area contributed by atoms with E-state index in [1.807, 2.05) is 38.1 Å². The van der Waals surface area contributed by atoms with E-state index in [4.69, 9.17) is 4.74 Å². The van der Waals surface area contributed by atoms with Gasteiger partial charge in [0.05, 0.1) is 6.61 Å². The van der Waals surface area contributed by atoms with Gasteiger partial charge in [-0.1, -0.05) is 52.3 Å². The second-order valence-electron chi connectivity index (χ2n) is 7.12. The number of hydrogen-bond donors (Lipinski definition) is 1. The first-order valence-electron chi connectivity index (χ1n) is 10.1. The molecule has 6 heteroatoms. The molecule has 0 spiro atoms. The normalized spacial score (nSPS) is 11.0. The maximum Gasteiger partial charge on any atom is 0.266 e. The average molecular weight is 493 g/mol. The molecule has 1 amide bonds. The van der Waals surface area contributed by atoms with Crippen LogP contribution in [0.3, 0.4) is 0 Å². The molecule has 3 aromatic carbocycles. The molecule has 0 aliphatic carbocycles. The van der Waals surface area contributed by atoms with Crippen molar-refractivity contribution in [2.24, 2.45) is 0 Å².